The minimum Gasteiger partial charge on any atom is -0.324 e. The molecular weight excluding hydrogens is 233 g/mol. The quantitative estimate of drug-likeness (QED) is 0.768. The lowest BCUT2D eigenvalue weighted by Crippen LogP contribution is -2.13. The van der Waals surface area contributed by atoms with Gasteiger partial charge < -0.3 is 5.73 Å². The highest BCUT2D eigenvalue weighted by Gasteiger charge is 2.19. The number of nitrogens with two attached hydrogens (primary N) is 1. The molecule has 86 valence electrons. The monoisotopic (exact) mass is 245 g/mol. The summed E-state index contributed by atoms with van der Waals surface area (Å²) in [5.74, 6) is -0.192. The smallest absolute Gasteiger partial charge is 0.123 e. The molecule has 1 nitrogen and oxygen atoms in total. The summed E-state index contributed by atoms with van der Waals surface area (Å²) in [7, 11) is 0. The molecule has 0 bridgehead atoms. The van der Waals surface area contributed by atoms with E-state index in [1.807, 2.05) is 18.2 Å². The van der Waals surface area contributed by atoms with Crippen molar-refractivity contribution in [2.24, 2.45) is 5.73 Å². The molecule has 0 aliphatic carbocycles. The molecule has 1 atom stereocenters. The van der Waals surface area contributed by atoms with Gasteiger partial charge in [-0.05, 0) is 41.8 Å². The van der Waals surface area contributed by atoms with Crippen LogP contribution in [0.15, 0.2) is 52.3 Å². The Bertz CT molecular complexity index is 568. The van der Waals surface area contributed by atoms with E-state index in [0.717, 1.165) is 16.0 Å². The van der Waals surface area contributed by atoms with Crippen molar-refractivity contribution in [3.8, 4) is 0 Å². The number of halogens is 1. The molecule has 3 rings (SSSR count). The first-order valence-corrected chi connectivity index (χ1v) is 6.36. The maximum atomic E-state index is 13.2. The molecule has 0 saturated carbocycles. The summed E-state index contributed by atoms with van der Waals surface area (Å²) in [6.45, 7) is 0. The van der Waals surface area contributed by atoms with Crippen LogP contribution < -0.4 is 5.73 Å². The molecule has 0 saturated heterocycles. The Balaban J connectivity index is 2.13. The van der Waals surface area contributed by atoms with Crippen LogP contribution >= 0.6 is 11.8 Å². The molecule has 1 aliphatic rings. The van der Waals surface area contributed by atoms with Crippen molar-refractivity contribution in [2.75, 3.05) is 0 Å². The van der Waals surface area contributed by atoms with Crippen LogP contribution in [0.5, 0.6) is 0 Å². The van der Waals surface area contributed by atoms with Gasteiger partial charge in [0.2, 0.25) is 0 Å². The molecule has 2 aromatic rings. The van der Waals surface area contributed by atoms with E-state index in [0.29, 0.717) is 6.42 Å². The number of benzene rings is 2. The number of fused-ring (bicyclic) bond motifs is 2. The van der Waals surface area contributed by atoms with Gasteiger partial charge in [-0.3, -0.25) is 0 Å². The fourth-order valence-corrected chi connectivity index (χ4v) is 3.28. The second-order valence-electron chi connectivity index (χ2n) is 4.20. The minimum absolute atomic E-state index is 0.0539. The Morgan fingerprint density at radius 2 is 1.94 bits per heavy atom. The van der Waals surface area contributed by atoms with Gasteiger partial charge in [-0.2, -0.15) is 0 Å². The van der Waals surface area contributed by atoms with Gasteiger partial charge in [0.15, 0.2) is 0 Å². The van der Waals surface area contributed by atoms with Crippen LogP contribution in [-0.2, 0) is 6.42 Å². The van der Waals surface area contributed by atoms with Gasteiger partial charge in [-0.1, -0.05) is 30.0 Å². The third-order valence-corrected chi connectivity index (χ3v) is 4.21. The number of hydrogen-bond acceptors (Lipinski definition) is 2. The average Bonchev–Trinajstić information content (AvgIpc) is 2.46. The normalized spacial score (nSPS) is 18.1. The zero-order valence-electron chi connectivity index (χ0n) is 9.19. The van der Waals surface area contributed by atoms with E-state index in [-0.39, 0.29) is 11.9 Å². The predicted molar refractivity (Wildman–Crippen MR) is 67.6 cm³/mol. The fraction of sp³-hybridized carbons (Fsp3) is 0.143. The Morgan fingerprint density at radius 3 is 2.82 bits per heavy atom. The zero-order valence-corrected chi connectivity index (χ0v) is 10.0. The molecule has 17 heavy (non-hydrogen) atoms. The highest BCUT2D eigenvalue weighted by molar-refractivity contribution is 7.99. The van der Waals surface area contributed by atoms with Crippen molar-refractivity contribution >= 4 is 11.8 Å². The molecular formula is C14H12FNS. The first-order chi connectivity index (χ1) is 8.24. The summed E-state index contributed by atoms with van der Waals surface area (Å²) in [6, 6.07) is 13.0. The van der Waals surface area contributed by atoms with E-state index in [1.165, 1.54) is 11.0 Å². The summed E-state index contributed by atoms with van der Waals surface area (Å²) in [4.78, 5) is 2.28. The number of rotatable bonds is 0. The maximum Gasteiger partial charge on any atom is 0.123 e. The molecule has 0 radical (unpaired) electrons. The minimum atomic E-state index is -0.192. The fourth-order valence-electron chi connectivity index (χ4n) is 2.15. The van der Waals surface area contributed by atoms with Gasteiger partial charge in [-0.15, -0.1) is 0 Å². The lowest BCUT2D eigenvalue weighted by molar-refractivity contribution is 0.619. The van der Waals surface area contributed by atoms with Crippen LogP contribution in [-0.4, -0.2) is 0 Å². The van der Waals surface area contributed by atoms with E-state index in [1.54, 1.807) is 17.8 Å². The molecule has 1 aliphatic heterocycles. The first kappa shape index (κ1) is 10.8. The highest BCUT2D eigenvalue weighted by Crippen LogP contribution is 2.39. The molecule has 0 aromatic heterocycles. The third kappa shape index (κ3) is 1.96. The third-order valence-electron chi connectivity index (χ3n) is 3.00. The van der Waals surface area contributed by atoms with Gasteiger partial charge in [0.25, 0.3) is 0 Å². The van der Waals surface area contributed by atoms with Crippen molar-refractivity contribution < 1.29 is 4.39 Å². The van der Waals surface area contributed by atoms with Crippen LogP contribution in [0.25, 0.3) is 0 Å². The van der Waals surface area contributed by atoms with Crippen molar-refractivity contribution in [2.45, 2.75) is 22.3 Å². The van der Waals surface area contributed by atoms with E-state index in [2.05, 4.69) is 12.1 Å². The van der Waals surface area contributed by atoms with Crippen molar-refractivity contribution in [3.63, 3.8) is 0 Å². The summed E-state index contributed by atoms with van der Waals surface area (Å²) >= 11 is 1.67. The molecule has 3 heteroatoms. The Kier molecular flexibility index (Phi) is 2.65. The highest BCUT2D eigenvalue weighted by atomic mass is 32.2. The number of hydrogen-bond donors (Lipinski definition) is 1. The van der Waals surface area contributed by atoms with Gasteiger partial charge in [-0.25, -0.2) is 4.39 Å². The molecule has 0 spiro atoms. The van der Waals surface area contributed by atoms with Gasteiger partial charge in [0.1, 0.15) is 5.82 Å². The van der Waals surface area contributed by atoms with E-state index in [9.17, 15) is 4.39 Å². The summed E-state index contributed by atoms with van der Waals surface area (Å²) in [5.41, 5.74) is 8.32. The van der Waals surface area contributed by atoms with E-state index >= 15 is 0 Å². The Hall–Kier alpha value is -1.32. The molecule has 2 N–H and O–H groups in total. The van der Waals surface area contributed by atoms with Crippen molar-refractivity contribution in [1.29, 1.82) is 0 Å². The standard InChI is InChI=1S/C14H12FNS/c15-10-5-6-13-9(7-10)8-12(16)11-3-1-2-4-14(11)17-13/h1-7,12H,8,16H2. The van der Waals surface area contributed by atoms with Crippen LogP contribution in [0.4, 0.5) is 4.39 Å². The summed E-state index contributed by atoms with van der Waals surface area (Å²) in [5, 5.41) is 0. The van der Waals surface area contributed by atoms with E-state index in [4.69, 9.17) is 5.73 Å². The Morgan fingerprint density at radius 1 is 1.12 bits per heavy atom. The van der Waals surface area contributed by atoms with Crippen LogP contribution in [0.2, 0.25) is 0 Å². The van der Waals surface area contributed by atoms with Crippen molar-refractivity contribution in [1.82, 2.24) is 0 Å². The second-order valence-corrected chi connectivity index (χ2v) is 5.29. The molecule has 0 fully saturated rings. The first-order valence-electron chi connectivity index (χ1n) is 5.55. The largest absolute Gasteiger partial charge is 0.324 e. The average molecular weight is 245 g/mol. The summed E-state index contributed by atoms with van der Waals surface area (Å²) in [6.07, 6.45) is 0.692. The maximum absolute atomic E-state index is 13.2. The van der Waals surface area contributed by atoms with Gasteiger partial charge in [0, 0.05) is 15.8 Å². The SMILES string of the molecule is NC1Cc2cc(F)ccc2Sc2ccccc21. The van der Waals surface area contributed by atoms with E-state index < -0.39 is 0 Å². The summed E-state index contributed by atoms with van der Waals surface area (Å²) < 4.78 is 13.2. The van der Waals surface area contributed by atoms with Gasteiger partial charge in [0.05, 0.1) is 0 Å². The van der Waals surface area contributed by atoms with Crippen LogP contribution in [0.1, 0.15) is 17.2 Å². The second kappa shape index (κ2) is 4.17. The van der Waals surface area contributed by atoms with Crippen LogP contribution in [0, 0.1) is 5.82 Å². The topological polar surface area (TPSA) is 26.0 Å². The Labute approximate surface area is 104 Å². The van der Waals surface area contributed by atoms with Crippen LogP contribution in [0.3, 0.4) is 0 Å². The lowest BCUT2D eigenvalue weighted by atomic mass is 10.00. The molecule has 2 aromatic carbocycles. The lowest BCUT2D eigenvalue weighted by Gasteiger charge is -2.11. The predicted octanol–water partition coefficient (Wildman–Crippen LogP) is 3.53. The van der Waals surface area contributed by atoms with Crippen molar-refractivity contribution in [3.05, 3.63) is 59.4 Å². The molecule has 1 heterocycles. The van der Waals surface area contributed by atoms with Gasteiger partial charge >= 0.3 is 0 Å². The zero-order chi connectivity index (χ0) is 11.8. The molecule has 1 unspecified atom stereocenters. The molecule has 0 amide bonds.